The molecule has 1 unspecified atom stereocenters. The molecule has 1 atom stereocenters. The van der Waals surface area contributed by atoms with Gasteiger partial charge in [0.15, 0.2) is 0 Å². The minimum absolute atomic E-state index is 0.125. The van der Waals surface area contributed by atoms with E-state index in [-0.39, 0.29) is 17.4 Å². The number of rotatable bonds is 5. The molecule has 0 aliphatic rings. The molecule has 3 heteroatoms. The topological polar surface area (TPSA) is 32.3 Å². The van der Waals surface area contributed by atoms with Crippen molar-refractivity contribution in [2.75, 3.05) is 6.61 Å². The van der Waals surface area contributed by atoms with Crippen molar-refractivity contribution in [2.24, 2.45) is 0 Å². The first-order chi connectivity index (χ1) is 7.92. The molecule has 0 amide bonds. The zero-order valence-electron chi connectivity index (χ0n) is 11.2. The summed E-state index contributed by atoms with van der Waals surface area (Å²) in [5.74, 6) is 0. The maximum Gasteiger partial charge on any atom is 0.0550 e. The second-order valence-corrected chi connectivity index (χ2v) is 6.80. The Morgan fingerprint density at radius 1 is 1.29 bits per heavy atom. The molecule has 0 fully saturated rings. The Hall–Kier alpha value is -0.510. The second kappa shape index (κ2) is 6.43. The zero-order valence-corrected chi connectivity index (χ0v) is 12.0. The van der Waals surface area contributed by atoms with E-state index in [2.05, 4.69) is 44.3 Å². The van der Waals surface area contributed by atoms with Gasteiger partial charge in [-0.15, -0.1) is 11.8 Å². The molecule has 1 aromatic rings. The fourth-order valence-electron chi connectivity index (χ4n) is 1.38. The van der Waals surface area contributed by atoms with E-state index in [0.29, 0.717) is 0 Å². The van der Waals surface area contributed by atoms with Crippen molar-refractivity contribution in [3.63, 3.8) is 0 Å². The van der Waals surface area contributed by atoms with Gasteiger partial charge in [-0.05, 0) is 32.4 Å². The largest absolute Gasteiger partial charge is 0.395 e. The van der Waals surface area contributed by atoms with Crippen LogP contribution in [0, 0.1) is 0 Å². The van der Waals surface area contributed by atoms with E-state index in [0.717, 1.165) is 6.54 Å². The summed E-state index contributed by atoms with van der Waals surface area (Å²) in [5, 5.41) is 12.8. The lowest BCUT2D eigenvalue weighted by molar-refractivity contribution is 0.300. The predicted octanol–water partition coefficient (Wildman–Crippen LogP) is 3.05. The highest BCUT2D eigenvalue weighted by atomic mass is 32.2. The van der Waals surface area contributed by atoms with Gasteiger partial charge in [0.2, 0.25) is 0 Å². The Morgan fingerprint density at radius 3 is 2.53 bits per heavy atom. The smallest absolute Gasteiger partial charge is 0.0550 e. The Bertz CT molecular complexity index is 346. The van der Waals surface area contributed by atoms with Crippen molar-refractivity contribution < 1.29 is 5.11 Å². The zero-order chi connectivity index (χ0) is 12.9. The number of nitrogens with one attached hydrogen (secondary N) is 1. The van der Waals surface area contributed by atoms with Gasteiger partial charge in [0.25, 0.3) is 0 Å². The predicted molar refractivity (Wildman–Crippen MR) is 75.4 cm³/mol. The summed E-state index contributed by atoms with van der Waals surface area (Å²) in [4.78, 5) is 1.26. The molecule has 0 radical (unpaired) electrons. The Kier molecular flexibility index (Phi) is 5.50. The number of hydrogen-bond acceptors (Lipinski definition) is 3. The molecule has 2 nitrogen and oxygen atoms in total. The van der Waals surface area contributed by atoms with Crippen LogP contribution in [0.1, 0.15) is 33.3 Å². The fourth-order valence-corrected chi connectivity index (χ4v) is 2.34. The number of aliphatic hydroxyl groups is 1. The van der Waals surface area contributed by atoms with E-state index in [1.54, 1.807) is 11.8 Å². The molecule has 0 aromatic heterocycles. The molecule has 0 bridgehead atoms. The van der Waals surface area contributed by atoms with Gasteiger partial charge in [0, 0.05) is 22.2 Å². The number of hydrogen-bond donors (Lipinski definition) is 2. The molecule has 0 saturated carbocycles. The van der Waals surface area contributed by atoms with Gasteiger partial charge >= 0.3 is 0 Å². The third-order valence-electron chi connectivity index (χ3n) is 2.37. The lowest BCUT2D eigenvalue weighted by Crippen LogP contribution is -2.35. The minimum atomic E-state index is 0.125. The van der Waals surface area contributed by atoms with Gasteiger partial charge in [-0.2, -0.15) is 0 Å². The van der Waals surface area contributed by atoms with E-state index in [4.69, 9.17) is 5.11 Å². The molecule has 1 aromatic carbocycles. The van der Waals surface area contributed by atoms with Crippen molar-refractivity contribution >= 4 is 11.8 Å². The molecule has 0 aliphatic carbocycles. The van der Waals surface area contributed by atoms with Gasteiger partial charge in [-0.3, -0.25) is 0 Å². The third kappa shape index (κ3) is 5.57. The van der Waals surface area contributed by atoms with Crippen LogP contribution in [0.3, 0.4) is 0 Å². The van der Waals surface area contributed by atoms with Crippen LogP contribution in [-0.4, -0.2) is 22.5 Å². The summed E-state index contributed by atoms with van der Waals surface area (Å²) in [6.07, 6.45) is 0. The second-order valence-electron chi connectivity index (χ2n) is 5.32. The third-order valence-corrected chi connectivity index (χ3v) is 3.57. The van der Waals surface area contributed by atoms with E-state index >= 15 is 0 Å². The van der Waals surface area contributed by atoms with Crippen LogP contribution in [-0.2, 0) is 6.54 Å². The lowest BCUT2D eigenvalue weighted by atomic mass is 10.1. The van der Waals surface area contributed by atoms with Crippen LogP contribution < -0.4 is 5.32 Å². The molecule has 1 rings (SSSR count). The van der Waals surface area contributed by atoms with E-state index < -0.39 is 0 Å². The molecule has 17 heavy (non-hydrogen) atoms. The molecule has 0 heterocycles. The molecule has 2 N–H and O–H groups in total. The van der Waals surface area contributed by atoms with Crippen LogP contribution in [0.4, 0.5) is 0 Å². The number of benzene rings is 1. The summed E-state index contributed by atoms with van der Waals surface area (Å²) in [5.41, 5.74) is 1.42. The number of aliphatic hydroxyl groups excluding tert-OH is 1. The van der Waals surface area contributed by atoms with E-state index in [9.17, 15) is 0 Å². The summed E-state index contributed by atoms with van der Waals surface area (Å²) < 4.78 is 0. The summed E-state index contributed by atoms with van der Waals surface area (Å²) >= 11 is 1.73. The number of thioether (sulfide) groups is 1. The van der Waals surface area contributed by atoms with E-state index in [1.807, 2.05) is 13.0 Å². The lowest BCUT2D eigenvalue weighted by Gasteiger charge is -2.22. The minimum Gasteiger partial charge on any atom is -0.395 e. The van der Waals surface area contributed by atoms with Crippen molar-refractivity contribution in [1.82, 2.24) is 5.32 Å². The first-order valence-corrected chi connectivity index (χ1v) is 6.91. The van der Waals surface area contributed by atoms with Crippen molar-refractivity contribution in [2.45, 2.75) is 49.9 Å². The van der Waals surface area contributed by atoms with E-state index in [1.165, 1.54) is 10.5 Å². The average Bonchev–Trinajstić information content (AvgIpc) is 2.26. The van der Waals surface area contributed by atoms with Crippen LogP contribution in [0.15, 0.2) is 29.2 Å². The standard InChI is InChI=1S/C14H23NOS/c1-11(10-16)17-13-8-6-5-7-12(13)9-15-14(2,3)4/h5-8,11,15-16H,9-10H2,1-4H3. The van der Waals surface area contributed by atoms with Crippen LogP contribution in [0.2, 0.25) is 0 Å². The molecule has 96 valence electrons. The van der Waals surface area contributed by atoms with Crippen LogP contribution in [0.5, 0.6) is 0 Å². The van der Waals surface area contributed by atoms with Crippen molar-refractivity contribution in [3.8, 4) is 0 Å². The molecule has 0 saturated heterocycles. The highest BCUT2D eigenvalue weighted by Crippen LogP contribution is 2.26. The maximum absolute atomic E-state index is 9.11. The monoisotopic (exact) mass is 253 g/mol. The Morgan fingerprint density at radius 2 is 1.94 bits per heavy atom. The van der Waals surface area contributed by atoms with Crippen LogP contribution in [0.25, 0.3) is 0 Å². The molecule has 0 spiro atoms. The van der Waals surface area contributed by atoms with Gasteiger partial charge in [0.1, 0.15) is 0 Å². The van der Waals surface area contributed by atoms with Gasteiger partial charge < -0.3 is 10.4 Å². The van der Waals surface area contributed by atoms with Gasteiger partial charge in [-0.1, -0.05) is 25.1 Å². The Labute approximate surface area is 109 Å². The molecule has 0 aliphatic heterocycles. The SMILES string of the molecule is CC(CO)Sc1ccccc1CNC(C)(C)C. The van der Waals surface area contributed by atoms with Gasteiger partial charge in [0.05, 0.1) is 6.61 Å². The fraction of sp³-hybridized carbons (Fsp3) is 0.571. The molecular formula is C14H23NOS. The van der Waals surface area contributed by atoms with Crippen molar-refractivity contribution in [1.29, 1.82) is 0 Å². The maximum atomic E-state index is 9.11. The average molecular weight is 253 g/mol. The summed E-state index contributed by atoms with van der Waals surface area (Å²) in [7, 11) is 0. The normalized spacial score (nSPS) is 13.7. The summed E-state index contributed by atoms with van der Waals surface area (Å²) in [6.45, 7) is 9.62. The van der Waals surface area contributed by atoms with Crippen LogP contribution >= 0.6 is 11.8 Å². The quantitative estimate of drug-likeness (QED) is 0.791. The van der Waals surface area contributed by atoms with Gasteiger partial charge in [-0.25, -0.2) is 0 Å². The molecular weight excluding hydrogens is 230 g/mol. The highest BCUT2D eigenvalue weighted by Gasteiger charge is 2.11. The first kappa shape index (κ1) is 14.6. The first-order valence-electron chi connectivity index (χ1n) is 6.03. The summed E-state index contributed by atoms with van der Waals surface area (Å²) in [6, 6.07) is 8.38. The van der Waals surface area contributed by atoms with Crippen molar-refractivity contribution in [3.05, 3.63) is 29.8 Å². The Balaban J connectivity index is 2.70. The highest BCUT2D eigenvalue weighted by molar-refractivity contribution is 8.00.